The van der Waals surface area contributed by atoms with Crippen LogP contribution in [0.5, 0.6) is 5.75 Å². The zero-order valence-corrected chi connectivity index (χ0v) is 15.4. The summed E-state index contributed by atoms with van der Waals surface area (Å²) in [5.41, 5.74) is 2.69. The van der Waals surface area contributed by atoms with Crippen molar-refractivity contribution in [3.05, 3.63) is 52.8 Å². The normalized spacial score (nSPS) is 18.0. The summed E-state index contributed by atoms with van der Waals surface area (Å²) in [7, 11) is 2.12. The second kappa shape index (κ2) is 7.13. The Balaban J connectivity index is 1.53. The van der Waals surface area contributed by atoms with Crippen molar-refractivity contribution in [3.8, 4) is 5.75 Å². The molecule has 1 fully saturated rings. The van der Waals surface area contributed by atoms with Gasteiger partial charge in [-0.05, 0) is 25.1 Å². The third-order valence-corrected chi connectivity index (χ3v) is 5.21. The van der Waals surface area contributed by atoms with Crippen LogP contribution in [0.1, 0.15) is 15.9 Å². The van der Waals surface area contributed by atoms with E-state index in [2.05, 4.69) is 21.8 Å². The fourth-order valence-electron chi connectivity index (χ4n) is 3.33. The first-order chi connectivity index (χ1) is 12.6. The van der Waals surface area contributed by atoms with Crippen LogP contribution in [0.3, 0.4) is 0 Å². The summed E-state index contributed by atoms with van der Waals surface area (Å²) in [5, 5.41) is 1.63. The van der Waals surface area contributed by atoms with E-state index in [9.17, 15) is 4.79 Å². The molecule has 1 amide bonds. The molecule has 0 aliphatic carbocycles. The van der Waals surface area contributed by atoms with Gasteiger partial charge in [0.2, 0.25) is 0 Å². The molecule has 6 nitrogen and oxygen atoms in total. The van der Waals surface area contributed by atoms with Crippen molar-refractivity contribution in [2.45, 2.75) is 6.42 Å². The van der Waals surface area contributed by atoms with E-state index >= 15 is 0 Å². The first kappa shape index (κ1) is 17.1. The third-order valence-electron chi connectivity index (χ3n) is 4.93. The summed E-state index contributed by atoms with van der Waals surface area (Å²) in [6.45, 7) is 4.34. The monoisotopic (exact) mass is 372 g/mol. The number of benzene rings is 1. The number of pyridine rings is 1. The number of hydrogen-bond acceptors (Lipinski definition) is 5. The van der Waals surface area contributed by atoms with Crippen molar-refractivity contribution >= 4 is 23.2 Å². The van der Waals surface area contributed by atoms with E-state index in [1.54, 1.807) is 6.20 Å². The summed E-state index contributed by atoms with van der Waals surface area (Å²) in [6, 6.07) is 9.49. The first-order valence-electron chi connectivity index (χ1n) is 8.78. The number of halogens is 1. The average molecular weight is 373 g/mol. The number of anilines is 1. The van der Waals surface area contributed by atoms with Crippen LogP contribution < -0.4 is 9.74 Å². The lowest BCUT2D eigenvalue weighted by Crippen LogP contribution is -2.44. The number of carbonyl (C=O) groups excluding carboxylic acids is 1. The van der Waals surface area contributed by atoms with Gasteiger partial charge in [0, 0.05) is 37.8 Å². The second-order valence-electron chi connectivity index (χ2n) is 6.68. The van der Waals surface area contributed by atoms with E-state index in [1.165, 1.54) is 5.06 Å². The van der Waals surface area contributed by atoms with E-state index in [-0.39, 0.29) is 11.1 Å². The predicted octanol–water partition coefficient (Wildman–Crippen LogP) is 2.48. The minimum absolute atomic E-state index is 0.145. The molecule has 0 spiro atoms. The van der Waals surface area contributed by atoms with Crippen LogP contribution in [0.2, 0.25) is 5.15 Å². The van der Waals surface area contributed by atoms with Crippen molar-refractivity contribution < 1.29 is 9.63 Å². The van der Waals surface area contributed by atoms with Crippen molar-refractivity contribution in [3.63, 3.8) is 0 Å². The molecule has 0 radical (unpaired) electrons. The van der Waals surface area contributed by atoms with Gasteiger partial charge >= 0.3 is 0 Å². The van der Waals surface area contributed by atoms with Crippen LogP contribution in [0.15, 0.2) is 36.5 Å². The van der Waals surface area contributed by atoms with Crippen LogP contribution in [0, 0.1) is 0 Å². The number of nitrogens with zero attached hydrogens (tertiary/aromatic N) is 4. The van der Waals surface area contributed by atoms with Gasteiger partial charge in [0.05, 0.1) is 18.4 Å². The topological polar surface area (TPSA) is 48.9 Å². The van der Waals surface area contributed by atoms with E-state index in [0.29, 0.717) is 17.9 Å². The molecule has 1 aromatic heterocycles. The SMILES string of the molecule is CN1CCN(c2cnc(Cl)c(ON3CCc4ccccc4C3=O)c2)CC1. The summed E-state index contributed by atoms with van der Waals surface area (Å²) >= 11 is 6.22. The molecule has 1 saturated heterocycles. The average Bonchev–Trinajstić information content (AvgIpc) is 2.66. The molecule has 3 heterocycles. The molecule has 26 heavy (non-hydrogen) atoms. The summed E-state index contributed by atoms with van der Waals surface area (Å²) in [4.78, 5) is 27.3. The van der Waals surface area contributed by atoms with Gasteiger partial charge < -0.3 is 14.6 Å². The Labute approximate surface area is 157 Å². The molecule has 0 unspecified atom stereocenters. The summed E-state index contributed by atoms with van der Waals surface area (Å²) in [5.74, 6) is 0.267. The number of amides is 1. The van der Waals surface area contributed by atoms with Crippen LogP contribution in [0.4, 0.5) is 5.69 Å². The van der Waals surface area contributed by atoms with Gasteiger partial charge in [-0.1, -0.05) is 29.8 Å². The van der Waals surface area contributed by atoms with Crippen molar-refractivity contribution in [1.82, 2.24) is 14.9 Å². The van der Waals surface area contributed by atoms with Crippen LogP contribution >= 0.6 is 11.6 Å². The minimum Gasteiger partial charge on any atom is -0.373 e. The quantitative estimate of drug-likeness (QED) is 0.775. The van der Waals surface area contributed by atoms with Crippen LogP contribution in [-0.4, -0.2) is 60.6 Å². The minimum atomic E-state index is -0.145. The predicted molar refractivity (Wildman–Crippen MR) is 101 cm³/mol. The van der Waals surface area contributed by atoms with E-state index in [1.807, 2.05) is 30.3 Å². The van der Waals surface area contributed by atoms with Gasteiger partial charge in [0.15, 0.2) is 10.9 Å². The molecule has 1 aromatic carbocycles. The zero-order valence-electron chi connectivity index (χ0n) is 14.7. The maximum absolute atomic E-state index is 12.7. The number of carbonyl (C=O) groups is 1. The first-order valence-corrected chi connectivity index (χ1v) is 9.16. The molecule has 2 aliphatic heterocycles. The Bertz CT molecular complexity index is 821. The standard InChI is InChI=1S/C19H21ClN4O2/c1-22-8-10-23(11-9-22)15-12-17(18(20)21-13-15)26-24-7-6-14-4-2-3-5-16(14)19(24)25/h2-5,12-13H,6-11H2,1H3. The third kappa shape index (κ3) is 3.34. The Morgan fingerprint density at radius 3 is 2.69 bits per heavy atom. The van der Waals surface area contributed by atoms with Crippen molar-refractivity contribution in [2.75, 3.05) is 44.7 Å². The van der Waals surface area contributed by atoms with Gasteiger partial charge in [-0.2, -0.15) is 5.06 Å². The van der Waals surface area contributed by atoms with Crippen molar-refractivity contribution in [1.29, 1.82) is 0 Å². The lowest BCUT2D eigenvalue weighted by Gasteiger charge is -2.34. The fourth-order valence-corrected chi connectivity index (χ4v) is 3.47. The number of rotatable bonds is 3. The van der Waals surface area contributed by atoms with Crippen molar-refractivity contribution in [2.24, 2.45) is 0 Å². The highest BCUT2D eigenvalue weighted by molar-refractivity contribution is 6.30. The smallest absolute Gasteiger partial charge is 0.286 e. The zero-order chi connectivity index (χ0) is 18.1. The molecule has 0 saturated carbocycles. The van der Waals surface area contributed by atoms with Gasteiger partial charge in [0.1, 0.15) is 0 Å². The molecule has 2 aliphatic rings. The van der Waals surface area contributed by atoms with E-state index in [0.717, 1.165) is 43.9 Å². The lowest BCUT2D eigenvalue weighted by molar-refractivity contribution is -0.0355. The number of aromatic nitrogens is 1. The number of fused-ring (bicyclic) bond motifs is 1. The Morgan fingerprint density at radius 2 is 1.88 bits per heavy atom. The highest BCUT2D eigenvalue weighted by atomic mass is 35.5. The van der Waals surface area contributed by atoms with E-state index < -0.39 is 0 Å². The molecule has 7 heteroatoms. The largest absolute Gasteiger partial charge is 0.373 e. The van der Waals surface area contributed by atoms with Crippen LogP contribution in [0.25, 0.3) is 0 Å². The molecule has 0 N–H and O–H groups in total. The second-order valence-corrected chi connectivity index (χ2v) is 7.04. The molecule has 136 valence electrons. The number of piperazine rings is 1. The molecule has 4 rings (SSSR count). The molecular formula is C19H21ClN4O2. The number of likely N-dealkylation sites (N-methyl/N-ethyl adjacent to an activating group) is 1. The Kier molecular flexibility index (Phi) is 4.70. The Hall–Kier alpha value is -2.31. The maximum atomic E-state index is 12.7. The van der Waals surface area contributed by atoms with E-state index in [4.69, 9.17) is 16.4 Å². The van der Waals surface area contributed by atoms with Gasteiger partial charge in [-0.15, -0.1) is 0 Å². The molecule has 2 aromatic rings. The molecule has 0 bridgehead atoms. The molecular weight excluding hydrogens is 352 g/mol. The van der Waals surface area contributed by atoms with Gasteiger partial charge in [-0.3, -0.25) is 4.79 Å². The number of hydrogen-bond donors (Lipinski definition) is 0. The fraction of sp³-hybridized carbons (Fsp3) is 0.368. The summed E-state index contributed by atoms with van der Waals surface area (Å²) < 4.78 is 0. The Morgan fingerprint density at radius 1 is 1.12 bits per heavy atom. The lowest BCUT2D eigenvalue weighted by atomic mass is 10.0. The maximum Gasteiger partial charge on any atom is 0.286 e. The van der Waals surface area contributed by atoms with Gasteiger partial charge in [-0.25, -0.2) is 4.98 Å². The molecule has 0 atom stereocenters. The highest BCUT2D eigenvalue weighted by Gasteiger charge is 2.27. The van der Waals surface area contributed by atoms with Crippen LogP contribution in [-0.2, 0) is 6.42 Å². The highest BCUT2D eigenvalue weighted by Crippen LogP contribution is 2.30. The number of hydroxylamine groups is 2. The summed E-state index contributed by atoms with van der Waals surface area (Å²) in [6.07, 6.45) is 2.51. The van der Waals surface area contributed by atoms with Gasteiger partial charge in [0.25, 0.3) is 5.91 Å².